The molecule has 3 nitrogen and oxygen atoms in total. The molecule has 1 aromatic carbocycles. The number of carbonyl (C=O) groups excluding carboxylic acids is 1. The lowest BCUT2D eigenvalue weighted by Gasteiger charge is -2.11. The van der Waals surface area contributed by atoms with Crippen LogP contribution in [0.5, 0.6) is 0 Å². The van der Waals surface area contributed by atoms with E-state index in [1.165, 1.54) is 0 Å². The van der Waals surface area contributed by atoms with Crippen LogP contribution >= 0.6 is 11.6 Å². The molecule has 0 unspecified atom stereocenters. The van der Waals surface area contributed by atoms with Crippen LogP contribution in [0.25, 0.3) is 0 Å². The zero-order chi connectivity index (χ0) is 10.6. The summed E-state index contributed by atoms with van der Waals surface area (Å²) in [5.41, 5.74) is 6.48. The minimum absolute atomic E-state index is 0.171. The van der Waals surface area contributed by atoms with Crippen LogP contribution in [0, 0.1) is 0 Å². The van der Waals surface area contributed by atoms with Crippen molar-refractivity contribution in [2.45, 2.75) is 13.0 Å². The number of nitrogens with two attached hydrogens (primary N) is 1. The van der Waals surface area contributed by atoms with Gasteiger partial charge in [0.2, 0.25) is 5.91 Å². The fourth-order valence-electron chi connectivity index (χ4n) is 1.11. The Balaban J connectivity index is 2.73. The number of hydrogen-bond acceptors (Lipinski definition) is 2. The zero-order valence-corrected chi connectivity index (χ0v) is 8.71. The van der Waals surface area contributed by atoms with Crippen LogP contribution in [0.15, 0.2) is 24.3 Å². The van der Waals surface area contributed by atoms with Crippen LogP contribution < -0.4 is 11.1 Å². The number of halogens is 1. The summed E-state index contributed by atoms with van der Waals surface area (Å²) >= 11 is 5.72. The summed E-state index contributed by atoms with van der Waals surface area (Å²) in [5, 5.41) is 3.30. The molecule has 76 valence electrons. The fourth-order valence-corrected chi connectivity index (χ4v) is 1.23. The quantitative estimate of drug-likeness (QED) is 0.798. The van der Waals surface area contributed by atoms with E-state index in [0.29, 0.717) is 11.6 Å². The smallest absolute Gasteiger partial charge is 0.241 e. The maximum absolute atomic E-state index is 11.4. The highest BCUT2D eigenvalue weighted by Gasteiger charge is 2.13. The molecule has 0 heterocycles. The van der Waals surface area contributed by atoms with Crippen molar-refractivity contribution < 1.29 is 4.79 Å². The number of likely N-dealkylation sites (N-methyl/N-ethyl adjacent to an activating group) is 1. The van der Waals surface area contributed by atoms with Crippen LogP contribution in [-0.4, -0.2) is 12.5 Å². The monoisotopic (exact) mass is 212 g/mol. The van der Waals surface area contributed by atoms with E-state index in [1.54, 1.807) is 24.3 Å². The van der Waals surface area contributed by atoms with Gasteiger partial charge in [-0.15, -0.1) is 0 Å². The second-order valence-electron chi connectivity index (χ2n) is 2.92. The van der Waals surface area contributed by atoms with Gasteiger partial charge in [0.25, 0.3) is 0 Å². The van der Waals surface area contributed by atoms with Crippen molar-refractivity contribution in [3.05, 3.63) is 34.9 Å². The van der Waals surface area contributed by atoms with Crippen molar-refractivity contribution in [1.29, 1.82) is 0 Å². The largest absolute Gasteiger partial charge is 0.355 e. The molecule has 3 N–H and O–H groups in total. The molecule has 0 aliphatic carbocycles. The van der Waals surface area contributed by atoms with Gasteiger partial charge < -0.3 is 11.1 Å². The number of nitrogens with one attached hydrogen (secondary N) is 1. The summed E-state index contributed by atoms with van der Waals surface area (Å²) in [6, 6.07) is 6.32. The lowest BCUT2D eigenvalue weighted by Crippen LogP contribution is -2.33. The van der Waals surface area contributed by atoms with Gasteiger partial charge >= 0.3 is 0 Å². The first-order valence-corrected chi connectivity index (χ1v) is 4.81. The standard InChI is InChI=1S/C10H13ClN2O/c1-2-13-10(14)9(12)7-3-5-8(11)6-4-7/h3-6,9H,2,12H2,1H3,(H,13,14)/t9-/m0/s1. The maximum Gasteiger partial charge on any atom is 0.241 e. The Kier molecular flexibility index (Phi) is 3.92. The molecule has 4 heteroatoms. The second-order valence-corrected chi connectivity index (χ2v) is 3.36. The van der Waals surface area contributed by atoms with Crippen LogP contribution in [0.1, 0.15) is 18.5 Å². The Bertz CT molecular complexity index is 310. The van der Waals surface area contributed by atoms with E-state index in [9.17, 15) is 4.79 Å². The molecule has 0 radical (unpaired) electrons. The third kappa shape index (κ3) is 2.72. The molecule has 1 amide bonds. The highest BCUT2D eigenvalue weighted by molar-refractivity contribution is 6.30. The molecule has 1 atom stereocenters. The van der Waals surface area contributed by atoms with Gasteiger partial charge in [0, 0.05) is 11.6 Å². The molecular formula is C10H13ClN2O. The second kappa shape index (κ2) is 4.98. The topological polar surface area (TPSA) is 55.1 Å². The Labute approximate surface area is 88.2 Å². The van der Waals surface area contributed by atoms with Crippen molar-refractivity contribution in [3.8, 4) is 0 Å². The third-order valence-corrected chi connectivity index (χ3v) is 2.11. The molecule has 0 saturated carbocycles. The molecule has 0 saturated heterocycles. The molecule has 0 fully saturated rings. The number of hydrogen-bond donors (Lipinski definition) is 2. The van der Waals surface area contributed by atoms with E-state index in [0.717, 1.165) is 5.56 Å². The maximum atomic E-state index is 11.4. The molecule has 0 bridgehead atoms. The SMILES string of the molecule is CCNC(=O)[C@@H](N)c1ccc(Cl)cc1. The van der Waals surface area contributed by atoms with Crippen molar-refractivity contribution in [2.75, 3.05) is 6.54 Å². The summed E-state index contributed by atoms with van der Waals surface area (Å²) in [6.45, 7) is 2.44. The Morgan fingerprint density at radius 1 is 1.50 bits per heavy atom. The minimum atomic E-state index is -0.618. The van der Waals surface area contributed by atoms with Gasteiger partial charge in [0.1, 0.15) is 6.04 Å². The van der Waals surface area contributed by atoms with E-state index >= 15 is 0 Å². The van der Waals surface area contributed by atoms with E-state index in [2.05, 4.69) is 5.32 Å². The van der Waals surface area contributed by atoms with Gasteiger partial charge in [0.05, 0.1) is 0 Å². The summed E-state index contributed by atoms with van der Waals surface area (Å²) in [5.74, 6) is -0.171. The Morgan fingerprint density at radius 2 is 2.07 bits per heavy atom. The van der Waals surface area contributed by atoms with Crippen molar-refractivity contribution in [3.63, 3.8) is 0 Å². The fraction of sp³-hybridized carbons (Fsp3) is 0.300. The van der Waals surface area contributed by atoms with Crippen LogP contribution in [0.3, 0.4) is 0 Å². The van der Waals surface area contributed by atoms with Crippen LogP contribution in [0.2, 0.25) is 5.02 Å². The summed E-state index contributed by atoms with van der Waals surface area (Å²) in [6.07, 6.45) is 0. The van der Waals surface area contributed by atoms with Gasteiger partial charge in [-0.3, -0.25) is 4.79 Å². The van der Waals surface area contributed by atoms with Gasteiger partial charge in [-0.1, -0.05) is 23.7 Å². The first-order chi connectivity index (χ1) is 6.65. The van der Waals surface area contributed by atoms with Crippen LogP contribution in [-0.2, 0) is 4.79 Å². The molecule has 0 aromatic heterocycles. The van der Waals surface area contributed by atoms with Gasteiger partial charge in [-0.25, -0.2) is 0 Å². The van der Waals surface area contributed by atoms with Gasteiger partial charge in [-0.2, -0.15) is 0 Å². The Morgan fingerprint density at radius 3 is 2.57 bits per heavy atom. The molecule has 1 aromatic rings. The van der Waals surface area contributed by atoms with E-state index in [1.807, 2.05) is 6.92 Å². The van der Waals surface area contributed by atoms with Gasteiger partial charge in [0.15, 0.2) is 0 Å². The van der Waals surface area contributed by atoms with E-state index in [-0.39, 0.29) is 5.91 Å². The summed E-state index contributed by atoms with van der Waals surface area (Å²) < 4.78 is 0. The molecule has 0 spiro atoms. The predicted octanol–water partition coefficient (Wildman–Crippen LogP) is 1.48. The number of amides is 1. The lowest BCUT2D eigenvalue weighted by molar-refractivity contribution is -0.122. The third-order valence-electron chi connectivity index (χ3n) is 1.86. The average Bonchev–Trinajstić information content (AvgIpc) is 2.18. The molecule has 14 heavy (non-hydrogen) atoms. The highest BCUT2D eigenvalue weighted by Crippen LogP contribution is 2.14. The van der Waals surface area contributed by atoms with Crippen LogP contribution in [0.4, 0.5) is 0 Å². The first kappa shape index (κ1) is 11.0. The van der Waals surface area contributed by atoms with Crippen molar-refractivity contribution >= 4 is 17.5 Å². The van der Waals surface area contributed by atoms with Crippen molar-refractivity contribution in [1.82, 2.24) is 5.32 Å². The molecule has 0 aliphatic heterocycles. The summed E-state index contributed by atoms with van der Waals surface area (Å²) in [7, 11) is 0. The molecule has 0 aliphatic rings. The number of carbonyl (C=O) groups is 1. The first-order valence-electron chi connectivity index (χ1n) is 4.44. The predicted molar refractivity (Wildman–Crippen MR) is 57.1 cm³/mol. The minimum Gasteiger partial charge on any atom is -0.355 e. The van der Waals surface area contributed by atoms with Crippen molar-refractivity contribution in [2.24, 2.45) is 5.73 Å². The summed E-state index contributed by atoms with van der Waals surface area (Å²) in [4.78, 5) is 11.4. The normalized spacial score (nSPS) is 12.2. The Hall–Kier alpha value is -1.06. The lowest BCUT2D eigenvalue weighted by atomic mass is 10.1. The number of benzene rings is 1. The zero-order valence-electron chi connectivity index (χ0n) is 7.96. The van der Waals surface area contributed by atoms with Gasteiger partial charge in [-0.05, 0) is 24.6 Å². The number of rotatable bonds is 3. The average molecular weight is 213 g/mol. The van der Waals surface area contributed by atoms with E-state index in [4.69, 9.17) is 17.3 Å². The molecular weight excluding hydrogens is 200 g/mol. The highest BCUT2D eigenvalue weighted by atomic mass is 35.5. The molecule has 1 rings (SSSR count). The van der Waals surface area contributed by atoms with E-state index < -0.39 is 6.04 Å².